The van der Waals surface area contributed by atoms with Crippen LogP contribution < -0.4 is 5.32 Å². The van der Waals surface area contributed by atoms with Crippen molar-refractivity contribution in [1.82, 2.24) is 29.8 Å². The minimum atomic E-state index is -4.23. The van der Waals surface area contributed by atoms with Crippen molar-refractivity contribution < 1.29 is 18.0 Å². The Labute approximate surface area is 220 Å². The summed E-state index contributed by atoms with van der Waals surface area (Å²) >= 11 is 0. The van der Waals surface area contributed by atoms with Crippen LogP contribution in [-0.4, -0.2) is 67.7 Å². The highest BCUT2D eigenvalue weighted by molar-refractivity contribution is 6.00. The van der Waals surface area contributed by atoms with Crippen LogP contribution >= 0.6 is 0 Å². The average Bonchev–Trinajstić information content (AvgIpc) is 3.61. The topological polar surface area (TPSA) is 82.1 Å². The maximum Gasteiger partial charge on any atom is 0.401 e. The molecule has 2 aliphatic rings. The summed E-state index contributed by atoms with van der Waals surface area (Å²) in [5, 5.41) is 15.4. The second-order valence-electron chi connectivity index (χ2n) is 8.74. The quantitative estimate of drug-likeness (QED) is 0.404. The van der Waals surface area contributed by atoms with Crippen LogP contribution in [0.5, 0.6) is 0 Å². The van der Waals surface area contributed by atoms with Crippen molar-refractivity contribution in [1.29, 1.82) is 0 Å². The molecule has 0 radical (unpaired) electrons. The maximum absolute atomic E-state index is 12.7. The van der Waals surface area contributed by atoms with Crippen molar-refractivity contribution in [3.05, 3.63) is 67.6 Å². The second-order valence-corrected chi connectivity index (χ2v) is 8.74. The van der Waals surface area contributed by atoms with Crippen LogP contribution in [0.4, 0.5) is 23.7 Å². The summed E-state index contributed by atoms with van der Waals surface area (Å²) in [4.78, 5) is 15.6. The Morgan fingerprint density at radius 3 is 2.50 bits per heavy atom. The number of aromatic nitrogens is 4. The molecule has 1 fully saturated rings. The fourth-order valence-corrected chi connectivity index (χ4v) is 4.48. The number of carbonyl (C=O) groups is 1. The number of anilines is 1. The Kier molecular flexibility index (Phi) is 9.51. The summed E-state index contributed by atoms with van der Waals surface area (Å²) in [5.41, 5.74) is 4.03. The molecule has 0 spiro atoms. The summed E-state index contributed by atoms with van der Waals surface area (Å²) in [6, 6.07) is 3.29. The highest BCUT2D eigenvalue weighted by atomic mass is 19.4. The molecule has 204 valence electrons. The Balaban J connectivity index is 0.000000443. The van der Waals surface area contributed by atoms with Crippen molar-refractivity contribution in [3.63, 3.8) is 0 Å². The maximum atomic E-state index is 12.7. The Morgan fingerprint density at radius 1 is 1.18 bits per heavy atom. The molecule has 38 heavy (non-hydrogen) atoms. The lowest BCUT2D eigenvalue weighted by atomic mass is 10.0. The lowest BCUT2D eigenvalue weighted by Gasteiger charge is -2.34. The molecule has 0 saturated carbocycles. The molecule has 11 heteroatoms. The van der Waals surface area contributed by atoms with Gasteiger partial charge in [0.15, 0.2) is 0 Å². The number of benzene rings is 1. The van der Waals surface area contributed by atoms with E-state index >= 15 is 0 Å². The Morgan fingerprint density at radius 2 is 1.89 bits per heavy atom. The lowest BCUT2D eigenvalue weighted by Crippen LogP contribution is -2.46. The summed E-state index contributed by atoms with van der Waals surface area (Å²) in [6.07, 6.45) is 6.96. The summed E-state index contributed by atoms with van der Waals surface area (Å²) in [7, 11) is 1.83. The van der Waals surface area contributed by atoms with E-state index in [2.05, 4.69) is 33.8 Å². The van der Waals surface area contributed by atoms with Crippen molar-refractivity contribution >= 4 is 22.6 Å². The van der Waals surface area contributed by atoms with Gasteiger partial charge in [-0.3, -0.25) is 14.7 Å². The SMILES string of the molecule is C=C/C=C\C=C.CC.Cn1cc(-c2n[nH]c3cc4c(cc23)CN(C2CCN(CC(F)(F)F)C2)C(=O)N4)cn1. The number of allylic oxidation sites excluding steroid dienone is 4. The van der Waals surface area contributed by atoms with Gasteiger partial charge in [-0.1, -0.05) is 51.3 Å². The number of amides is 2. The summed E-state index contributed by atoms with van der Waals surface area (Å²) < 4.78 is 39.8. The van der Waals surface area contributed by atoms with E-state index in [1.807, 2.05) is 51.4 Å². The highest BCUT2D eigenvalue weighted by Crippen LogP contribution is 2.34. The fraction of sp³-hybridized carbons (Fsp3) is 0.370. The number of nitrogens with zero attached hydrogens (tertiary/aromatic N) is 5. The summed E-state index contributed by atoms with van der Waals surface area (Å²) in [6.45, 7) is 10.9. The third kappa shape index (κ3) is 6.91. The number of rotatable bonds is 5. The minimum Gasteiger partial charge on any atom is -0.316 e. The number of alkyl halides is 3. The third-order valence-electron chi connectivity index (χ3n) is 6.08. The number of fused-ring (bicyclic) bond motifs is 2. The van der Waals surface area contributed by atoms with Gasteiger partial charge in [0.25, 0.3) is 0 Å². The zero-order valence-electron chi connectivity index (χ0n) is 21.9. The fourth-order valence-electron chi connectivity index (χ4n) is 4.48. The van der Waals surface area contributed by atoms with E-state index in [4.69, 9.17) is 0 Å². The number of aromatic amines is 1. The predicted octanol–water partition coefficient (Wildman–Crippen LogP) is 5.89. The van der Waals surface area contributed by atoms with E-state index in [1.54, 1.807) is 27.9 Å². The molecule has 2 aromatic heterocycles. The molecule has 4 heterocycles. The second kappa shape index (κ2) is 12.6. The molecule has 0 aliphatic carbocycles. The minimum absolute atomic E-state index is 0.219. The molecule has 2 amide bonds. The van der Waals surface area contributed by atoms with E-state index < -0.39 is 12.7 Å². The van der Waals surface area contributed by atoms with Crippen LogP contribution in [0.1, 0.15) is 25.8 Å². The Hall–Kier alpha value is -3.86. The first-order valence-electron chi connectivity index (χ1n) is 12.5. The van der Waals surface area contributed by atoms with Crippen LogP contribution in [0.15, 0.2) is 62.0 Å². The zero-order valence-corrected chi connectivity index (χ0v) is 21.9. The van der Waals surface area contributed by atoms with E-state index in [9.17, 15) is 18.0 Å². The molecule has 1 atom stereocenters. The van der Waals surface area contributed by atoms with Crippen LogP contribution in [0.2, 0.25) is 0 Å². The first-order chi connectivity index (χ1) is 18.2. The molecular formula is C27H34F3N7O. The molecule has 1 saturated heterocycles. The first-order valence-corrected chi connectivity index (χ1v) is 12.5. The van der Waals surface area contributed by atoms with Crippen molar-refractivity contribution in [2.24, 2.45) is 7.05 Å². The standard InChI is InChI=1S/C19H20F3N7O.C6H8.C2H6/c1-27-7-12(6-23-27)17-14-4-11-8-29(13-2-3-28(9-13)10-19(20,21)22)18(30)24-15(11)5-16(14)25-26-17;1-3-5-6-4-2;1-2/h4-7,13H,2-3,8-10H2,1H3,(H,24,30)(H,25,26);3-6H,1-2H2;1-2H3/b;6-5-;. The van der Waals surface area contributed by atoms with Crippen LogP contribution in [0.3, 0.4) is 0 Å². The van der Waals surface area contributed by atoms with Crippen molar-refractivity contribution in [2.45, 2.75) is 39.0 Å². The van der Waals surface area contributed by atoms with Crippen molar-refractivity contribution in [2.75, 3.05) is 25.0 Å². The third-order valence-corrected chi connectivity index (χ3v) is 6.08. The van der Waals surface area contributed by atoms with Gasteiger partial charge in [-0.25, -0.2) is 4.79 Å². The number of hydrogen-bond acceptors (Lipinski definition) is 4. The number of halogens is 3. The molecule has 0 bridgehead atoms. The number of urea groups is 1. The zero-order chi connectivity index (χ0) is 27.9. The molecule has 2 N–H and O–H groups in total. The number of likely N-dealkylation sites (tertiary alicyclic amines) is 1. The smallest absolute Gasteiger partial charge is 0.316 e. The van der Waals surface area contributed by atoms with Gasteiger partial charge in [0, 0.05) is 55.6 Å². The number of H-pyrrole nitrogens is 1. The monoisotopic (exact) mass is 529 g/mol. The van der Waals surface area contributed by atoms with Gasteiger partial charge in [0.1, 0.15) is 5.69 Å². The lowest BCUT2D eigenvalue weighted by molar-refractivity contribution is -0.143. The van der Waals surface area contributed by atoms with Gasteiger partial charge >= 0.3 is 12.2 Å². The van der Waals surface area contributed by atoms with E-state index in [-0.39, 0.29) is 18.6 Å². The van der Waals surface area contributed by atoms with Crippen LogP contribution in [0, 0.1) is 0 Å². The predicted molar refractivity (Wildman–Crippen MR) is 145 cm³/mol. The van der Waals surface area contributed by atoms with Gasteiger partial charge in [0.05, 0.1) is 18.3 Å². The Bertz CT molecular complexity index is 1280. The molecule has 3 aromatic rings. The molecule has 8 nitrogen and oxygen atoms in total. The largest absolute Gasteiger partial charge is 0.401 e. The van der Waals surface area contributed by atoms with Gasteiger partial charge in [-0.2, -0.15) is 23.4 Å². The molecular weight excluding hydrogens is 495 g/mol. The van der Waals surface area contributed by atoms with E-state index in [0.717, 1.165) is 27.7 Å². The van der Waals surface area contributed by atoms with E-state index in [0.29, 0.717) is 25.2 Å². The van der Waals surface area contributed by atoms with Gasteiger partial charge in [-0.15, -0.1) is 0 Å². The van der Waals surface area contributed by atoms with E-state index in [1.165, 1.54) is 4.90 Å². The molecule has 2 aliphatic heterocycles. The summed E-state index contributed by atoms with van der Waals surface area (Å²) in [5.74, 6) is 0. The van der Waals surface area contributed by atoms with Gasteiger partial charge < -0.3 is 10.2 Å². The van der Waals surface area contributed by atoms with Gasteiger partial charge in [0.2, 0.25) is 0 Å². The van der Waals surface area contributed by atoms with Crippen molar-refractivity contribution in [3.8, 4) is 11.3 Å². The highest BCUT2D eigenvalue weighted by Gasteiger charge is 2.38. The molecule has 1 unspecified atom stereocenters. The molecule has 5 rings (SSSR count). The molecule has 1 aromatic carbocycles. The average molecular weight is 530 g/mol. The van der Waals surface area contributed by atoms with Gasteiger partial charge in [-0.05, 0) is 24.1 Å². The van der Waals surface area contributed by atoms with Crippen LogP contribution in [0.25, 0.3) is 22.2 Å². The number of aryl methyl sites for hydroxylation is 1. The normalized spacial score (nSPS) is 17.4. The number of carbonyl (C=O) groups excluding carboxylic acids is 1. The van der Waals surface area contributed by atoms with Crippen LogP contribution in [-0.2, 0) is 13.6 Å². The number of nitrogens with one attached hydrogen (secondary N) is 2. The number of hydrogen-bond donors (Lipinski definition) is 2. The first kappa shape index (κ1) is 28.7.